The number of benzene rings is 1. The van der Waals surface area contributed by atoms with Crippen LogP contribution in [0.3, 0.4) is 0 Å². The quantitative estimate of drug-likeness (QED) is 0.808. The molecule has 0 radical (unpaired) electrons. The first-order valence-electron chi connectivity index (χ1n) is 5.10. The van der Waals surface area contributed by atoms with Crippen molar-refractivity contribution >= 4 is 5.97 Å². The monoisotopic (exact) mass is 233 g/mol. The Morgan fingerprint density at radius 3 is 2.94 bits per heavy atom. The summed E-state index contributed by atoms with van der Waals surface area (Å²) in [6.45, 7) is 0. The molecule has 0 aliphatic carbocycles. The molecule has 2 rings (SSSR count). The van der Waals surface area contributed by atoms with E-state index in [2.05, 4.69) is 10.2 Å². The van der Waals surface area contributed by atoms with Crippen molar-refractivity contribution in [1.29, 1.82) is 0 Å². The van der Waals surface area contributed by atoms with Crippen molar-refractivity contribution < 1.29 is 9.90 Å². The van der Waals surface area contributed by atoms with Gasteiger partial charge in [-0.05, 0) is 24.1 Å². The molecule has 0 saturated heterocycles. The molecule has 0 aliphatic rings. The van der Waals surface area contributed by atoms with Crippen molar-refractivity contribution in [2.24, 2.45) is 0 Å². The third kappa shape index (κ3) is 2.60. The average molecular weight is 233 g/mol. The van der Waals surface area contributed by atoms with Crippen LogP contribution in [0, 0.1) is 0 Å². The molecule has 1 heterocycles. The van der Waals surface area contributed by atoms with Crippen molar-refractivity contribution in [2.45, 2.75) is 12.8 Å². The first kappa shape index (κ1) is 11.1. The van der Waals surface area contributed by atoms with Gasteiger partial charge in [-0.1, -0.05) is 12.1 Å². The van der Waals surface area contributed by atoms with E-state index in [9.17, 15) is 9.59 Å². The van der Waals surface area contributed by atoms with Crippen LogP contribution in [0.2, 0.25) is 0 Å². The van der Waals surface area contributed by atoms with Crippen LogP contribution < -0.4 is 5.69 Å². The minimum absolute atomic E-state index is 0.0732. The zero-order chi connectivity index (χ0) is 12.3. The summed E-state index contributed by atoms with van der Waals surface area (Å²) < 4.78 is 1.37. The molecule has 0 unspecified atom stereocenters. The van der Waals surface area contributed by atoms with Gasteiger partial charge in [-0.25, -0.2) is 14.5 Å². The maximum Gasteiger partial charge on any atom is 0.347 e. The topological polar surface area (TPSA) is 88.0 Å². The van der Waals surface area contributed by atoms with Crippen molar-refractivity contribution in [2.75, 3.05) is 0 Å². The highest BCUT2D eigenvalue weighted by Crippen LogP contribution is 2.10. The Morgan fingerprint density at radius 2 is 2.29 bits per heavy atom. The zero-order valence-electron chi connectivity index (χ0n) is 8.96. The second kappa shape index (κ2) is 4.65. The first-order valence-corrected chi connectivity index (χ1v) is 5.10. The number of carboxylic acid groups (broad SMARTS) is 1. The molecule has 0 aliphatic heterocycles. The van der Waals surface area contributed by atoms with E-state index < -0.39 is 5.97 Å². The number of nitrogens with zero attached hydrogens (tertiary/aromatic N) is 2. The first-order chi connectivity index (χ1) is 8.16. The normalized spacial score (nSPS) is 10.4. The Labute approximate surface area is 96.5 Å². The molecular formula is C11H11N3O3. The van der Waals surface area contributed by atoms with E-state index in [1.165, 1.54) is 10.9 Å². The highest BCUT2D eigenvalue weighted by atomic mass is 16.4. The predicted octanol–water partition coefficient (Wildman–Crippen LogP) is 0.578. The maximum atomic E-state index is 11.3. The van der Waals surface area contributed by atoms with Crippen LogP contribution in [0.1, 0.15) is 12.0 Å². The molecule has 0 fully saturated rings. The summed E-state index contributed by atoms with van der Waals surface area (Å²) in [5, 5.41) is 14.5. The summed E-state index contributed by atoms with van der Waals surface area (Å²) in [4.78, 5) is 21.8. The van der Waals surface area contributed by atoms with Gasteiger partial charge in [-0.15, -0.1) is 0 Å². The average Bonchev–Trinajstić information content (AvgIpc) is 2.73. The van der Waals surface area contributed by atoms with Crippen LogP contribution in [0.15, 0.2) is 35.4 Å². The van der Waals surface area contributed by atoms with Crippen LogP contribution in [0.25, 0.3) is 5.69 Å². The number of aromatic nitrogens is 3. The third-order valence-corrected chi connectivity index (χ3v) is 2.37. The van der Waals surface area contributed by atoms with Gasteiger partial charge in [-0.3, -0.25) is 4.79 Å². The molecular weight excluding hydrogens is 222 g/mol. The zero-order valence-corrected chi connectivity index (χ0v) is 8.96. The van der Waals surface area contributed by atoms with E-state index in [0.29, 0.717) is 12.1 Å². The fraction of sp³-hybridized carbons (Fsp3) is 0.182. The van der Waals surface area contributed by atoms with Crippen LogP contribution in [-0.4, -0.2) is 25.8 Å². The molecule has 17 heavy (non-hydrogen) atoms. The lowest BCUT2D eigenvalue weighted by Gasteiger charge is -2.03. The van der Waals surface area contributed by atoms with Crippen LogP contribution in [0.5, 0.6) is 0 Å². The summed E-state index contributed by atoms with van der Waals surface area (Å²) >= 11 is 0. The van der Waals surface area contributed by atoms with Crippen molar-refractivity contribution in [3.05, 3.63) is 46.6 Å². The van der Waals surface area contributed by atoms with E-state index in [1.54, 1.807) is 18.2 Å². The lowest BCUT2D eigenvalue weighted by molar-refractivity contribution is -0.136. The molecule has 0 amide bonds. The molecule has 6 heteroatoms. The van der Waals surface area contributed by atoms with Crippen molar-refractivity contribution in [3.63, 3.8) is 0 Å². The fourth-order valence-electron chi connectivity index (χ4n) is 1.55. The second-order valence-electron chi connectivity index (χ2n) is 3.60. The molecule has 1 aromatic heterocycles. The number of H-pyrrole nitrogens is 1. The van der Waals surface area contributed by atoms with Gasteiger partial charge in [0.15, 0.2) is 0 Å². The SMILES string of the molecule is O=C(O)CCc1cccc(-n2cn[nH]c2=O)c1. The minimum atomic E-state index is -0.837. The Morgan fingerprint density at radius 1 is 1.47 bits per heavy atom. The van der Waals surface area contributed by atoms with E-state index in [-0.39, 0.29) is 12.1 Å². The number of carbonyl (C=O) groups is 1. The maximum absolute atomic E-state index is 11.3. The molecule has 2 aromatic rings. The molecule has 0 atom stereocenters. The molecule has 2 N–H and O–H groups in total. The van der Waals surface area contributed by atoms with Gasteiger partial charge in [0.1, 0.15) is 6.33 Å². The van der Waals surface area contributed by atoms with Gasteiger partial charge in [0.2, 0.25) is 0 Å². The van der Waals surface area contributed by atoms with Crippen LogP contribution in [-0.2, 0) is 11.2 Å². The number of hydrogen-bond donors (Lipinski definition) is 2. The number of nitrogens with one attached hydrogen (secondary N) is 1. The van der Waals surface area contributed by atoms with Gasteiger partial charge in [0.25, 0.3) is 0 Å². The Balaban J connectivity index is 2.26. The molecule has 88 valence electrons. The minimum Gasteiger partial charge on any atom is -0.481 e. The van der Waals surface area contributed by atoms with Gasteiger partial charge in [0, 0.05) is 6.42 Å². The summed E-state index contributed by atoms with van der Waals surface area (Å²) in [6.07, 6.45) is 1.90. The summed E-state index contributed by atoms with van der Waals surface area (Å²) in [5.74, 6) is -0.837. The summed E-state index contributed by atoms with van der Waals surface area (Å²) in [5.41, 5.74) is 1.23. The summed E-state index contributed by atoms with van der Waals surface area (Å²) in [7, 11) is 0. The lowest BCUT2D eigenvalue weighted by Crippen LogP contribution is -2.14. The summed E-state index contributed by atoms with van der Waals surface area (Å²) in [6, 6.07) is 7.16. The molecule has 0 bridgehead atoms. The molecule has 1 aromatic carbocycles. The van der Waals surface area contributed by atoms with Crippen LogP contribution >= 0.6 is 0 Å². The Hall–Kier alpha value is -2.37. The highest BCUT2D eigenvalue weighted by molar-refractivity contribution is 5.67. The highest BCUT2D eigenvalue weighted by Gasteiger charge is 2.03. The third-order valence-electron chi connectivity index (χ3n) is 2.37. The standard InChI is InChI=1S/C11H11N3O3/c15-10(16)5-4-8-2-1-3-9(6-8)14-7-12-13-11(14)17/h1-3,6-7H,4-5H2,(H,13,17)(H,15,16). The predicted molar refractivity (Wildman–Crippen MR) is 60.1 cm³/mol. The number of rotatable bonds is 4. The fourth-order valence-corrected chi connectivity index (χ4v) is 1.55. The number of hydrogen-bond acceptors (Lipinski definition) is 3. The lowest BCUT2D eigenvalue weighted by atomic mass is 10.1. The number of carboxylic acids is 1. The van der Waals surface area contributed by atoms with E-state index in [0.717, 1.165) is 5.56 Å². The van der Waals surface area contributed by atoms with Gasteiger partial charge in [0.05, 0.1) is 5.69 Å². The van der Waals surface area contributed by atoms with E-state index in [4.69, 9.17) is 5.11 Å². The number of aromatic amines is 1. The molecule has 6 nitrogen and oxygen atoms in total. The van der Waals surface area contributed by atoms with E-state index >= 15 is 0 Å². The van der Waals surface area contributed by atoms with Crippen molar-refractivity contribution in [1.82, 2.24) is 14.8 Å². The Bertz CT molecular complexity index is 585. The van der Waals surface area contributed by atoms with Gasteiger partial charge < -0.3 is 5.11 Å². The van der Waals surface area contributed by atoms with Crippen LogP contribution in [0.4, 0.5) is 0 Å². The molecule has 0 spiro atoms. The van der Waals surface area contributed by atoms with Gasteiger partial charge >= 0.3 is 11.7 Å². The van der Waals surface area contributed by atoms with E-state index in [1.807, 2.05) is 6.07 Å². The van der Waals surface area contributed by atoms with Gasteiger partial charge in [-0.2, -0.15) is 5.10 Å². The Kier molecular flexibility index (Phi) is 3.04. The number of aliphatic carboxylic acids is 1. The largest absolute Gasteiger partial charge is 0.481 e. The molecule has 0 saturated carbocycles. The second-order valence-corrected chi connectivity index (χ2v) is 3.60. The smallest absolute Gasteiger partial charge is 0.347 e. The number of aryl methyl sites for hydroxylation is 1. The van der Waals surface area contributed by atoms with Crippen molar-refractivity contribution in [3.8, 4) is 5.69 Å².